The summed E-state index contributed by atoms with van der Waals surface area (Å²) in [5.41, 5.74) is 0. The van der Waals surface area contributed by atoms with E-state index in [1.54, 1.807) is 0 Å². The van der Waals surface area contributed by atoms with Gasteiger partial charge in [-0.1, -0.05) is 0 Å². The first kappa shape index (κ1) is 11.8. The first-order chi connectivity index (χ1) is 6.83. The molecule has 2 rings (SSSR count). The van der Waals surface area contributed by atoms with E-state index in [1.165, 1.54) is 0 Å². The number of rotatable bonds is 0. The molecule has 0 amide bonds. The highest BCUT2D eigenvalue weighted by Gasteiger charge is 2.41. The monoisotopic (exact) mass is 285 g/mol. The van der Waals surface area contributed by atoms with E-state index >= 15 is 0 Å². The van der Waals surface area contributed by atoms with Gasteiger partial charge in [-0.25, -0.2) is 0 Å². The number of nitrogens with zero attached hydrogens (tertiary/aromatic N) is 3. The van der Waals surface area contributed by atoms with E-state index in [9.17, 15) is 16.8 Å². The summed E-state index contributed by atoms with van der Waals surface area (Å²) in [6.07, 6.45) is 0.456. The Kier molecular flexibility index (Phi) is 2.89. The van der Waals surface area contributed by atoms with Crippen molar-refractivity contribution in [2.45, 2.75) is 6.42 Å². The Balaban J connectivity index is 2.55. The number of halogens is 4. The van der Waals surface area contributed by atoms with Crippen molar-refractivity contribution >= 4 is 23.3 Å². The largest absolute Gasteiger partial charge is 0.425 e. The summed E-state index contributed by atoms with van der Waals surface area (Å²) in [7, 11) is -14.4. The van der Waals surface area contributed by atoms with Gasteiger partial charge in [0.2, 0.25) is 0 Å². The average Bonchev–Trinajstić information content (AvgIpc) is 1.97. The molecule has 12 heteroatoms. The van der Waals surface area contributed by atoms with Crippen LogP contribution in [-0.4, -0.2) is 13.2 Å². The molecule has 0 radical (unpaired) electrons. The van der Waals surface area contributed by atoms with E-state index in [0.717, 1.165) is 0 Å². The summed E-state index contributed by atoms with van der Waals surface area (Å²) in [6, 6.07) is 0. The Morgan fingerprint density at radius 2 is 1.33 bits per heavy atom. The van der Waals surface area contributed by atoms with Crippen molar-refractivity contribution in [1.29, 1.82) is 0 Å². The van der Waals surface area contributed by atoms with Crippen LogP contribution in [0.2, 0.25) is 0 Å². The van der Waals surface area contributed by atoms with Crippen LogP contribution in [0.25, 0.3) is 0 Å². The van der Waals surface area contributed by atoms with Gasteiger partial charge in [0.05, 0.1) is 13.2 Å². The van der Waals surface area contributed by atoms with E-state index in [0.29, 0.717) is 6.42 Å². The van der Waals surface area contributed by atoms with Gasteiger partial charge in [-0.05, 0) is 6.42 Å². The molecule has 2 aliphatic rings. The fourth-order valence-electron chi connectivity index (χ4n) is 1.02. The second kappa shape index (κ2) is 3.67. The molecule has 0 aromatic heterocycles. The highest BCUT2D eigenvalue weighted by Crippen LogP contribution is 2.81. The van der Waals surface area contributed by atoms with Crippen LogP contribution in [-0.2, 0) is 9.05 Å². The van der Waals surface area contributed by atoms with Gasteiger partial charge in [-0.2, -0.15) is 0 Å². The third kappa shape index (κ3) is 2.71. The Hall–Kier alpha value is 0.330. The van der Waals surface area contributed by atoms with Gasteiger partial charge in [-0.15, -0.1) is 30.3 Å². The van der Waals surface area contributed by atoms with Crippen molar-refractivity contribution in [2.24, 2.45) is 13.5 Å². The molecule has 0 N–H and O–H groups in total. The predicted octanol–water partition coefficient (Wildman–Crippen LogP) is 5.15. The van der Waals surface area contributed by atoms with Crippen LogP contribution in [0.3, 0.4) is 0 Å². The molecular weight excluding hydrogens is 279 g/mol. The van der Waals surface area contributed by atoms with Crippen LogP contribution < -0.4 is 0 Å². The van der Waals surface area contributed by atoms with Crippen LogP contribution in [0, 0.1) is 0 Å². The van der Waals surface area contributed by atoms with Crippen molar-refractivity contribution in [2.75, 3.05) is 13.2 Å². The normalized spacial score (nSPS) is 31.2. The van der Waals surface area contributed by atoms with Crippen molar-refractivity contribution in [1.82, 2.24) is 0 Å². The lowest BCUT2D eigenvalue weighted by molar-refractivity contribution is 0.174. The van der Waals surface area contributed by atoms with Crippen LogP contribution in [0.5, 0.6) is 0 Å². The summed E-state index contributed by atoms with van der Waals surface area (Å²) in [5.74, 6) is 0. The fourth-order valence-corrected chi connectivity index (χ4v) is 7.26. The standard InChI is InChI=1S/C3H6F4N3O2P3/c4-13(5)8-14(6,7)10-15(9-13)11-2-1-3-12-15/h1-3H2. The van der Waals surface area contributed by atoms with Crippen LogP contribution in [0.4, 0.5) is 16.8 Å². The number of hydrogen-bond donors (Lipinski definition) is 0. The Labute approximate surface area is 83.1 Å². The molecule has 0 atom stereocenters. The molecule has 0 aromatic rings. The molecular formula is C3H6F4N3O2P3. The molecule has 5 nitrogen and oxygen atoms in total. The predicted molar refractivity (Wildman–Crippen MR) is 49.0 cm³/mol. The third-order valence-electron chi connectivity index (χ3n) is 1.46. The third-order valence-corrected chi connectivity index (χ3v) is 7.75. The maximum absolute atomic E-state index is 12.9. The van der Waals surface area contributed by atoms with Crippen LogP contribution >= 0.6 is 23.3 Å². The van der Waals surface area contributed by atoms with Crippen molar-refractivity contribution < 1.29 is 25.8 Å². The number of hydrogen-bond acceptors (Lipinski definition) is 5. The van der Waals surface area contributed by atoms with Crippen LogP contribution in [0.15, 0.2) is 13.5 Å². The zero-order valence-electron chi connectivity index (χ0n) is 7.13. The summed E-state index contributed by atoms with van der Waals surface area (Å²) >= 11 is 0. The van der Waals surface area contributed by atoms with E-state index in [4.69, 9.17) is 9.05 Å². The van der Waals surface area contributed by atoms with Gasteiger partial charge >= 0.3 is 23.3 Å². The minimum atomic E-state index is -5.34. The summed E-state index contributed by atoms with van der Waals surface area (Å²) in [6.45, 7) is 0.113. The van der Waals surface area contributed by atoms with Gasteiger partial charge in [-0.3, -0.25) is 0 Å². The second-order valence-electron chi connectivity index (χ2n) is 2.69. The van der Waals surface area contributed by atoms with Gasteiger partial charge in [0.15, 0.2) is 0 Å². The molecule has 88 valence electrons. The van der Waals surface area contributed by atoms with Crippen molar-refractivity contribution in [3.8, 4) is 0 Å². The lowest BCUT2D eigenvalue weighted by atomic mass is 10.5. The second-order valence-corrected chi connectivity index (χ2v) is 8.16. The molecule has 0 aromatic carbocycles. The maximum atomic E-state index is 12.9. The van der Waals surface area contributed by atoms with Gasteiger partial charge < -0.3 is 9.05 Å². The van der Waals surface area contributed by atoms with Gasteiger partial charge in [0.25, 0.3) is 0 Å². The zero-order valence-corrected chi connectivity index (χ0v) is 9.82. The summed E-state index contributed by atoms with van der Waals surface area (Å²) in [4.78, 5) is 0. The van der Waals surface area contributed by atoms with Crippen molar-refractivity contribution in [3.05, 3.63) is 0 Å². The lowest BCUT2D eigenvalue weighted by Gasteiger charge is -2.26. The summed E-state index contributed by atoms with van der Waals surface area (Å²) < 4.78 is 68.8. The SMILES string of the molecule is FP1(F)=NP(F)(F)=NP2(=N1)OCCCO2. The Bertz CT molecular complexity index is 420. The topological polar surface area (TPSA) is 55.5 Å². The Morgan fingerprint density at radius 3 is 1.87 bits per heavy atom. The highest BCUT2D eigenvalue weighted by molar-refractivity contribution is 7.77. The first-order valence-corrected chi connectivity index (χ1v) is 8.30. The van der Waals surface area contributed by atoms with Crippen LogP contribution in [0.1, 0.15) is 6.42 Å². The van der Waals surface area contributed by atoms with Gasteiger partial charge in [0.1, 0.15) is 0 Å². The smallest absolute Gasteiger partial charge is 0.306 e. The zero-order chi connectivity index (χ0) is 11.2. The molecule has 2 heterocycles. The fraction of sp³-hybridized carbons (Fsp3) is 1.00. The Morgan fingerprint density at radius 1 is 0.800 bits per heavy atom. The molecule has 2 aliphatic heterocycles. The highest BCUT2D eigenvalue weighted by atomic mass is 31.3. The maximum Gasteiger partial charge on any atom is 0.425 e. The van der Waals surface area contributed by atoms with E-state index < -0.39 is 23.3 Å². The molecule has 0 saturated carbocycles. The van der Waals surface area contributed by atoms with E-state index in [1.807, 2.05) is 0 Å². The molecule has 1 saturated heterocycles. The average molecular weight is 285 g/mol. The van der Waals surface area contributed by atoms with Gasteiger partial charge in [0, 0.05) is 0 Å². The first-order valence-electron chi connectivity index (χ1n) is 3.82. The lowest BCUT2D eigenvalue weighted by Crippen LogP contribution is -2.07. The van der Waals surface area contributed by atoms with Crippen molar-refractivity contribution in [3.63, 3.8) is 0 Å². The summed E-state index contributed by atoms with van der Waals surface area (Å²) in [5, 5.41) is 0. The molecule has 1 fully saturated rings. The van der Waals surface area contributed by atoms with E-state index in [2.05, 4.69) is 13.5 Å². The molecule has 0 unspecified atom stereocenters. The quantitative estimate of drug-likeness (QED) is 0.456. The minimum absolute atomic E-state index is 0.0563. The molecule has 15 heavy (non-hydrogen) atoms. The minimum Gasteiger partial charge on any atom is -0.306 e. The molecule has 0 bridgehead atoms. The van der Waals surface area contributed by atoms with E-state index in [-0.39, 0.29) is 13.2 Å². The molecule has 0 aliphatic carbocycles. The molecule has 1 spiro atoms.